The van der Waals surface area contributed by atoms with E-state index in [0.717, 1.165) is 0 Å². The lowest BCUT2D eigenvalue weighted by molar-refractivity contribution is -0.124. The van der Waals surface area contributed by atoms with Crippen molar-refractivity contribution >= 4 is 12.2 Å². The number of hydrogen-bond acceptors (Lipinski definition) is 1. The zero-order chi connectivity index (χ0) is 9.07. The van der Waals surface area contributed by atoms with Crippen LogP contribution in [0.5, 0.6) is 0 Å². The molecular formula is C8H16N2O. The summed E-state index contributed by atoms with van der Waals surface area (Å²) in [5, 5.41) is 0. The highest BCUT2D eigenvalue weighted by molar-refractivity contribution is 5.88. The van der Waals surface area contributed by atoms with Crippen LogP contribution in [0.1, 0.15) is 20.8 Å². The summed E-state index contributed by atoms with van der Waals surface area (Å²) in [5.41, 5.74) is -0.369. The largest absolute Gasteiger partial charge is 0.369 e. The molecule has 0 aromatic carbocycles. The Bertz CT molecular complexity index is 165. The lowest BCUT2D eigenvalue weighted by Gasteiger charge is -2.12. The maximum atomic E-state index is 11.1. The first kappa shape index (κ1) is 10.1. The quantitative estimate of drug-likeness (QED) is 0.421. The molecule has 0 aromatic heterocycles. The molecule has 3 nitrogen and oxygen atoms in total. The highest BCUT2D eigenvalue weighted by Crippen LogP contribution is 2.14. The number of nitrogens with zero attached hydrogens (tertiary/aromatic N) is 2. The summed E-state index contributed by atoms with van der Waals surface area (Å²) in [4.78, 5) is 16.6. The van der Waals surface area contributed by atoms with Crippen LogP contribution in [-0.2, 0) is 4.79 Å². The number of aliphatic imine (C=N–C) groups is 1. The van der Waals surface area contributed by atoms with Crippen molar-refractivity contribution in [2.45, 2.75) is 20.8 Å². The van der Waals surface area contributed by atoms with Gasteiger partial charge in [-0.2, -0.15) is 0 Å². The Balaban J connectivity index is 4.09. The molecule has 0 heterocycles. The van der Waals surface area contributed by atoms with Gasteiger partial charge in [0.05, 0.1) is 6.34 Å². The Labute approximate surface area is 68.1 Å². The van der Waals surface area contributed by atoms with E-state index in [4.69, 9.17) is 0 Å². The van der Waals surface area contributed by atoms with E-state index >= 15 is 0 Å². The second kappa shape index (κ2) is 3.51. The second-order valence-electron chi connectivity index (χ2n) is 3.76. The minimum absolute atomic E-state index is 0.0915. The molecule has 0 radical (unpaired) electrons. The Hall–Kier alpha value is -0.860. The molecule has 0 atom stereocenters. The maximum absolute atomic E-state index is 11.1. The van der Waals surface area contributed by atoms with Gasteiger partial charge in [0, 0.05) is 19.5 Å². The lowest BCUT2D eigenvalue weighted by Crippen LogP contribution is -2.19. The summed E-state index contributed by atoms with van der Waals surface area (Å²) in [6.07, 6.45) is 1.52. The predicted molar refractivity (Wildman–Crippen MR) is 46.6 cm³/mol. The smallest absolute Gasteiger partial charge is 0.252 e. The molecule has 0 aromatic rings. The van der Waals surface area contributed by atoms with Gasteiger partial charge in [0.2, 0.25) is 0 Å². The van der Waals surface area contributed by atoms with E-state index in [1.54, 1.807) is 4.90 Å². The third kappa shape index (κ3) is 4.53. The molecule has 3 heteroatoms. The fourth-order valence-corrected chi connectivity index (χ4v) is 0.362. The zero-order valence-electron chi connectivity index (χ0n) is 7.88. The molecule has 0 bridgehead atoms. The molecule has 0 aliphatic carbocycles. The van der Waals surface area contributed by atoms with Crippen LogP contribution in [0.25, 0.3) is 0 Å². The fraction of sp³-hybridized carbons (Fsp3) is 0.750. The molecule has 0 fully saturated rings. The molecule has 0 spiro atoms. The fourth-order valence-electron chi connectivity index (χ4n) is 0.362. The van der Waals surface area contributed by atoms with Crippen molar-refractivity contribution in [3.8, 4) is 0 Å². The minimum atomic E-state index is -0.369. The molecule has 0 aliphatic heterocycles. The number of rotatable bonds is 1. The van der Waals surface area contributed by atoms with Gasteiger partial charge < -0.3 is 4.90 Å². The highest BCUT2D eigenvalue weighted by Gasteiger charge is 2.19. The van der Waals surface area contributed by atoms with Crippen LogP contribution in [0.15, 0.2) is 4.99 Å². The first-order valence-corrected chi connectivity index (χ1v) is 3.59. The highest BCUT2D eigenvalue weighted by atomic mass is 16.1. The summed E-state index contributed by atoms with van der Waals surface area (Å²) in [5.74, 6) is -0.0915. The topological polar surface area (TPSA) is 32.7 Å². The van der Waals surface area contributed by atoms with Gasteiger partial charge in [-0.1, -0.05) is 20.8 Å². The number of carbonyl (C=O) groups excluding carboxylic acids is 1. The zero-order valence-corrected chi connectivity index (χ0v) is 7.88. The molecule has 0 aliphatic rings. The van der Waals surface area contributed by atoms with E-state index in [1.807, 2.05) is 34.9 Å². The monoisotopic (exact) mass is 156 g/mol. The summed E-state index contributed by atoms with van der Waals surface area (Å²) in [6.45, 7) is 5.55. The van der Waals surface area contributed by atoms with Crippen molar-refractivity contribution in [2.24, 2.45) is 10.4 Å². The van der Waals surface area contributed by atoms with Crippen molar-refractivity contribution in [1.29, 1.82) is 0 Å². The van der Waals surface area contributed by atoms with Gasteiger partial charge in [-0.3, -0.25) is 4.79 Å². The molecule has 0 unspecified atom stereocenters. The first-order chi connectivity index (χ1) is 4.84. The van der Waals surface area contributed by atoms with Crippen molar-refractivity contribution in [3.63, 3.8) is 0 Å². The third-order valence-electron chi connectivity index (χ3n) is 1.05. The third-order valence-corrected chi connectivity index (χ3v) is 1.05. The van der Waals surface area contributed by atoms with E-state index in [0.29, 0.717) is 0 Å². The van der Waals surface area contributed by atoms with Crippen LogP contribution >= 0.6 is 0 Å². The van der Waals surface area contributed by atoms with Gasteiger partial charge in [0.25, 0.3) is 5.91 Å². The number of amides is 1. The van der Waals surface area contributed by atoms with Crippen molar-refractivity contribution < 1.29 is 4.79 Å². The van der Waals surface area contributed by atoms with E-state index < -0.39 is 0 Å². The normalized spacial score (nSPS) is 12.1. The van der Waals surface area contributed by atoms with E-state index in [-0.39, 0.29) is 11.3 Å². The van der Waals surface area contributed by atoms with Gasteiger partial charge >= 0.3 is 0 Å². The van der Waals surface area contributed by atoms with E-state index in [9.17, 15) is 4.79 Å². The van der Waals surface area contributed by atoms with Gasteiger partial charge in [-0.25, -0.2) is 4.99 Å². The molecule has 1 amide bonds. The Morgan fingerprint density at radius 1 is 1.36 bits per heavy atom. The Kier molecular flexibility index (Phi) is 3.23. The summed E-state index contributed by atoms with van der Waals surface area (Å²) >= 11 is 0. The molecular weight excluding hydrogens is 140 g/mol. The van der Waals surface area contributed by atoms with Gasteiger partial charge in [-0.05, 0) is 0 Å². The average molecular weight is 156 g/mol. The van der Waals surface area contributed by atoms with Gasteiger partial charge in [0.15, 0.2) is 0 Å². The van der Waals surface area contributed by atoms with Gasteiger partial charge in [-0.15, -0.1) is 0 Å². The van der Waals surface area contributed by atoms with E-state index in [2.05, 4.69) is 4.99 Å². The van der Waals surface area contributed by atoms with Crippen LogP contribution in [-0.4, -0.2) is 31.2 Å². The number of carbonyl (C=O) groups is 1. The van der Waals surface area contributed by atoms with E-state index in [1.165, 1.54) is 6.34 Å². The molecule has 11 heavy (non-hydrogen) atoms. The van der Waals surface area contributed by atoms with Gasteiger partial charge in [0.1, 0.15) is 0 Å². The molecule has 0 rings (SSSR count). The maximum Gasteiger partial charge on any atom is 0.252 e. The van der Waals surface area contributed by atoms with Crippen LogP contribution in [0.3, 0.4) is 0 Å². The van der Waals surface area contributed by atoms with Crippen molar-refractivity contribution in [3.05, 3.63) is 0 Å². The van der Waals surface area contributed by atoms with Crippen molar-refractivity contribution in [1.82, 2.24) is 4.90 Å². The molecule has 0 N–H and O–H groups in total. The van der Waals surface area contributed by atoms with Crippen LogP contribution in [0.2, 0.25) is 0 Å². The standard InChI is InChI=1S/C8H16N2O/c1-8(2,3)7(11)9-6-10(4)5/h6H,1-5H3/b9-6-. The first-order valence-electron chi connectivity index (χ1n) is 3.59. The number of hydrogen-bond donors (Lipinski definition) is 0. The molecule has 0 saturated carbocycles. The summed E-state index contributed by atoms with van der Waals surface area (Å²) < 4.78 is 0. The Morgan fingerprint density at radius 3 is 2.09 bits per heavy atom. The van der Waals surface area contributed by atoms with Crippen LogP contribution in [0, 0.1) is 5.41 Å². The predicted octanol–water partition coefficient (Wildman–Crippen LogP) is 1.15. The summed E-state index contributed by atoms with van der Waals surface area (Å²) in [7, 11) is 3.67. The van der Waals surface area contributed by atoms with Crippen molar-refractivity contribution in [2.75, 3.05) is 14.1 Å². The van der Waals surface area contributed by atoms with Crippen LogP contribution in [0.4, 0.5) is 0 Å². The Morgan fingerprint density at radius 2 is 1.82 bits per heavy atom. The summed E-state index contributed by atoms with van der Waals surface area (Å²) in [6, 6.07) is 0. The van der Waals surface area contributed by atoms with Crippen LogP contribution < -0.4 is 0 Å². The lowest BCUT2D eigenvalue weighted by atomic mass is 9.96. The minimum Gasteiger partial charge on any atom is -0.369 e. The average Bonchev–Trinajstić information content (AvgIpc) is 1.80. The molecule has 0 saturated heterocycles. The second-order valence-corrected chi connectivity index (χ2v) is 3.76. The molecule has 64 valence electrons. The SMILES string of the molecule is CN(C)/C=N\C(=O)C(C)(C)C.